The number of benzene rings is 2. The lowest BCUT2D eigenvalue weighted by molar-refractivity contribution is 0.0555. The summed E-state index contributed by atoms with van der Waals surface area (Å²) in [6.45, 7) is 0.855. The summed E-state index contributed by atoms with van der Waals surface area (Å²) in [5.74, 6) is -0.155. The molecule has 0 unspecified atom stereocenters. The fraction of sp³-hybridized carbons (Fsp3) is 0.185. The maximum absolute atomic E-state index is 13.2. The highest BCUT2D eigenvalue weighted by Crippen LogP contribution is 2.12. The van der Waals surface area contributed by atoms with E-state index in [9.17, 15) is 9.59 Å². The zero-order valence-corrected chi connectivity index (χ0v) is 19.6. The Morgan fingerprint density at radius 3 is 2.25 bits per heavy atom. The molecule has 2 aromatic carbocycles. The van der Waals surface area contributed by atoms with E-state index in [-0.39, 0.29) is 32.4 Å². The van der Waals surface area contributed by atoms with Gasteiger partial charge in [0, 0.05) is 24.3 Å². The average molecular weight is 484 g/mol. The van der Waals surface area contributed by atoms with E-state index in [4.69, 9.17) is 9.47 Å². The third-order valence-electron chi connectivity index (χ3n) is 5.72. The van der Waals surface area contributed by atoms with Crippen LogP contribution in [0.3, 0.4) is 0 Å². The predicted molar refractivity (Wildman–Crippen MR) is 134 cm³/mol. The van der Waals surface area contributed by atoms with Crippen molar-refractivity contribution < 1.29 is 9.47 Å². The van der Waals surface area contributed by atoms with Crippen LogP contribution in [0.15, 0.2) is 101 Å². The fourth-order valence-electron chi connectivity index (χ4n) is 3.85. The lowest BCUT2D eigenvalue weighted by Gasteiger charge is -2.13. The van der Waals surface area contributed by atoms with E-state index in [0.717, 1.165) is 26.7 Å². The lowest BCUT2D eigenvalue weighted by Crippen LogP contribution is -2.43. The molecule has 0 saturated carbocycles. The molecule has 9 heteroatoms. The fourth-order valence-corrected chi connectivity index (χ4v) is 3.85. The highest BCUT2D eigenvalue weighted by Gasteiger charge is 2.15. The van der Waals surface area contributed by atoms with Crippen LogP contribution in [0, 0.1) is 0 Å². The molecule has 0 fully saturated rings. The number of hydrogen-bond acceptors (Lipinski definition) is 6. The van der Waals surface area contributed by atoms with Crippen molar-refractivity contribution in [3.8, 4) is 5.88 Å². The average Bonchev–Trinajstić information content (AvgIpc) is 3.34. The largest absolute Gasteiger partial charge is 0.468 e. The van der Waals surface area contributed by atoms with E-state index in [1.165, 1.54) is 4.68 Å². The molecule has 0 atom stereocenters. The normalized spacial score (nSPS) is 11.1. The van der Waals surface area contributed by atoms with Gasteiger partial charge in [0.15, 0.2) is 0 Å². The van der Waals surface area contributed by atoms with E-state index in [1.807, 2.05) is 89.6 Å². The Balaban J connectivity index is 1.40. The number of fused-ring (bicyclic) bond motifs is 1. The van der Waals surface area contributed by atoms with Crippen molar-refractivity contribution in [3.05, 3.63) is 123 Å². The van der Waals surface area contributed by atoms with Gasteiger partial charge in [-0.1, -0.05) is 60.7 Å². The van der Waals surface area contributed by atoms with Crippen LogP contribution in [0.2, 0.25) is 0 Å². The van der Waals surface area contributed by atoms with Crippen LogP contribution in [0.25, 0.3) is 11.0 Å². The van der Waals surface area contributed by atoms with Crippen LogP contribution >= 0.6 is 0 Å². The molecule has 182 valence electrons. The molecule has 0 aliphatic rings. The van der Waals surface area contributed by atoms with Gasteiger partial charge in [0.25, 0.3) is 5.88 Å². The minimum Gasteiger partial charge on any atom is -0.468 e. The van der Waals surface area contributed by atoms with Crippen molar-refractivity contribution >= 4 is 11.0 Å². The molecule has 0 aliphatic carbocycles. The Morgan fingerprint density at radius 2 is 1.50 bits per heavy atom. The first kappa shape index (κ1) is 23.3. The smallest absolute Gasteiger partial charge is 0.349 e. The van der Waals surface area contributed by atoms with Crippen molar-refractivity contribution in [1.82, 2.24) is 23.9 Å². The van der Waals surface area contributed by atoms with Crippen LogP contribution in [0.1, 0.15) is 11.1 Å². The Labute approximate surface area is 206 Å². The van der Waals surface area contributed by atoms with Gasteiger partial charge in [0.05, 0.1) is 13.2 Å². The van der Waals surface area contributed by atoms with Gasteiger partial charge in [-0.25, -0.2) is 19.0 Å². The number of pyridine rings is 1. The molecule has 0 radical (unpaired) electrons. The summed E-state index contributed by atoms with van der Waals surface area (Å²) in [4.78, 5) is 30.7. The summed E-state index contributed by atoms with van der Waals surface area (Å²) in [6.07, 6.45) is 3.64. The summed E-state index contributed by atoms with van der Waals surface area (Å²) in [5, 5.41) is 5.26. The van der Waals surface area contributed by atoms with Crippen LogP contribution in [-0.4, -0.2) is 23.9 Å². The second-order valence-corrected chi connectivity index (χ2v) is 8.21. The number of aryl methyl sites for hydroxylation is 2. The first-order chi connectivity index (χ1) is 17.7. The molecular formula is C27H25N5O4. The molecule has 0 aliphatic heterocycles. The van der Waals surface area contributed by atoms with Gasteiger partial charge in [0.1, 0.15) is 19.0 Å². The van der Waals surface area contributed by atoms with E-state index in [0.29, 0.717) is 6.54 Å². The third kappa shape index (κ3) is 5.26. The van der Waals surface area contributed by atoms with Gasteiger partial charge in [0.2, 0.25) is 0 Å². The molecule has 9 nitrogen and oxygen atoms in total. The second kappa shape index (κ2) is 10.8. The standard InChI is InChI=1S/C27H25N5O4/c33-26-25(36-19-22-10-5-2-6-11-22)29-32(17-16-30-15-13-23-12-7-14-28-24(23)30)27(34)31(26)20-35-18-21-8-3-1-4-9-21/h1-15H,16-20H2. The molecule has 0 spiro atoms. The molecule has 0 amide bonds. The van der Waals surface area contributed by atoms with E-state index >= 15 is 0 Å². The maximum Gasteiger partial charge on any atom is 0.349 e. The quantitative estimate of drug-likeness (QED) is 0.303. The topological polar surface area (TPSA) is 93.2 Å². The van der Waals surface area contributed by atoms with Crippen LogP contribution in [-0.2, 0) is 37.8 Å². The van der Waals surface area contributed by atoms with Crippen molar-refractivity contribution in [2.75, 3.05) is 0 Å². The number of ether oxygens (including phenoxy) is 2. The maximum atomic E-state index is 13.2. The van der Waals surface area contributed by atoms with E-state index < -0.39 is 11.2 Å². The molecule has 3 aromatic heterocycles. The summed E-state index contributed by atoms with van der Waals surface area (Å²) >= 11 is 0. The number of rotatable bonds is 10. The highest BCUT2D eigenvalue weighted by molar-refractivity contribution is 5.75. The number of aromatic nitrogens is 5. The first-order valence-corrected chi connectivity index (χ1v) is 11.6. The molecule has 0 saturated heterocycles. The van der Waals surface area contributed by atoms with Crippen LogP contribution < -0.4 is 16.0 Å². The minimum absolute atomic E-state index is 0.151. The van der Waals surface area contributed by atoms with Gasteiger partial charge in [-0.15, -0.1) is 5.10 Å². The van der Waals surface area contributed by atoms with Gasteiger partial charge in [-0.05, 0) is 29.3 Å². The van der Waals surface area contributed by atoms with Gasteiger partial charge in [-0.3, -0.25) is 4.79 Å². The number of nitrogens with zero attached hydrogens (tertiary/aromatic N) is 5. The van der Waals surface area contributed by atoms with Crippen molar-refractivity contribution in [3.63, 3.8) is 0 Å². The second-order valence-electron chi connectivity index (χ2n) is 8.21. The summed E-state index contributed by atoms with van der Waals surface area (Å²) in [6, 6.07) is 24.8. The van der Waals surface area contributed by atoms with Crippen LogP contribution in [0.5, 0.6) is 5.88 Å². The molecule has 5 rings (SSSR count). The Kier molecular flexibility index (Phi) is 7.00. The zero-order valence-electron chi connectivity index (χ0n) is 19.6. The summed E-state index contributed by atoms with van der Waals surface area (Å²) < 4.78 is 15.6. The first-order valence-electron chi connectivity index (χ1n) is 11.6. The monoisotopic (exact) mass is 483 g/mol. The molecular weight excluding hydrogens is 458 g/mol. The Morgan fingerprint density at radius 1 is 0.778 bits per heavy atom. The minimum atomic E-state index is -0.631. The molecule has 3 heterocycles. The summed E-state index contributed by atoms with van der Waals surface area (Å²) in [7, 11) is 0. The Bertz CT molecular complexity index is 1560. The summed E-state index contributed by atoms with van der Waals surface area (Å²) in [5.41, 5.74) is 1.43. The van der Waals surface area contributed by atoms with Crippen molar-refractivity contribution in [2.24, 2.45) is 0 Å². The lowest BCUT2D eigenvalue weighted by atomic mass is 10.2. The zero-order chi connectivity index (χ0) is 24.7. The molecule has 5 aromatic rings. The van der Waals surface area contributed by atoms with Crippen LogP contribution in [0.4, 0.5) is 0 Å². The molecule has 36 heavy (non-hydrogen) atoms. The van der Waals surface area contributed by atoms with Gasteiger partial charge < -0.3 is 14.0 Å². The third-order valence-corrected chi connectivity index (χ3v) is 5.72. The van der Waals surface area contributed by atoms with E-state index in [1.54, 1.807) is 6.20 Å². The molecule has 0 N–H and O–H groups in total. The van der Waals surface area contributed by atoms with Gasteiger partial charge in [-0.2, -0.15) is 0 Å². The predicted octanol–water partition coefficient (Wildman–Crippen LogP) is 3.21. The van der Waals surface area contributed by atoms with E-state index in [2.05, 4.69) is 10.1 Å². The molecule has 0 bridgehead atoms. The Hall–Kier alpha value is -4.50. The SMILES string of the molecule is O=c1c(OCc2ccccc2)nn(CCn2ccc3cccnc32)c(=O)n1COCc1ccccc1. The van der Waals surface area contributed by atoms with Crippen molar-refractivity contribution in [1.29, 1.82) is 0 Å². The van der Waals surface area contributed by atoms with Crippen molar-refractivity contribution in [2.45, 2.75) is 33.0 Å². The highest BCUT2D eigenvalue weighted by atomic mass is 16.5. The van der Waals surface area contributed by atoms with Gasteiger partial charge >= 0.3 is 11.2 Å². The number of hydrogen-bond donors (Lipinski definition) is 0.